The minimum atomic E-state index is -1.10. The van der Waals surface area contributed by atoms with Crippen molar-refractivity contribution in [2.45, 2.75) is 53.0 Å². The van der Waals surface area contributed by atoms with Crippen LogP contribution in [0.1, 0.15) is 47.0 Å². The van der Waals surface area contributed by atoms with Gasteiger partial charge in [-0.1, -0.05) is 27.7 Å². The Hall–Kier alpha value is -1.48. The van der Waals surface area contributed by atoms with Crippen LogP contribution in [-0.4, -0.2) is 57.7 Å². The van der Waals surface area contributed by atoms with Crippen molar-refractivity contribution < 1.29 is 23.7 Å². The summed E-state index contributed by atoms with van der Waals surface area (Å²) in [6.45, 7) is 8.25. The minimum absolute atomic E-state index is 0.0108. The van der Waals surface area contributed by atoms with Crippen LogP contribution in [0.25, 0.3) is 0 Å². The molecule has 0 saturated carbocycles. The van der Waals surface area contributed by atoms with E-state index in [2.05, 4.69) is 10.6 Å². The summed E-state index contributed by atoms with van der Waals surface area (Å²) in [6.07, 6.45) is 0.0490. The molecule has 0 heterocycles. The van der Waals surface area contributed by atoms with E-state index in [9.17, 15) is 18.6 Å². The molecule has 5 N–H and O–H groups in total. The number of carbonyl (C=O) groups excluding carboxylic acids is 2. The number of rotatable bonds is 12. The Morgan fingerprint density at radius 3 is 2.24 bits per heavy atom. The third-order valence-electron chi connectivity index (χ3n) is 2.87. The number of hydrogen-bond donors (Lipinski definition) is 4. The van der Waals surface area contributed by atoms with E-state index in [1.165, 1.54) is 0 Å². The molecule has 0 radical (unpaired) electrons. The van der Waals surface area contributed by atoms with E-state index in [-0.39, 0.29) is 43.4 Å². The summed E-state index contributed by atoms with van der Waals surface area (Å²) < 4.78 is 11.4. The third kappa shape index (κ3) is 15.8. The van der Waals surface area contributed by atoms with Crippen molar-refractivity contribution in [3.8, 4) is 0 Å². The number of hydrogen-bond acceptors (Lipinski definition) is 5. The van der Waals surface area contributed by atoms with Crippen LogP contribution in [0.4, 0.5) is 0 Å². The standard InChI is InChI=1S/C14H27N3O5S.C2H6/c1-10(2)9-12(18)17-11(3-4-13(19)20)14(21)16-6-8-23(22)7-5-15;1-2/h10-11H,3-9,15H2,1-2H3,(H,16,21)(H,17,18)(H,19,20);1-2H3/t11-,23?;/m1./s1. The second-order valence-electron chi connectivity index (χ2n) is 5.58. The predicted molar refractivity (Wildman–Crippen MR) is 99.5 cm³/mol. The van der Waals surface area contributed by atoms with Crippen LogP contribution in [0.3, 0.4) is 0 Å². The van der Waals surface area contributed by atoms with Crippen LogP contribution in [-0.2, 0) is 25.2 Å². The molecule has 0 bridgehead atoms. The largest absolute Gasteiger partial charge is 0.481 e. The Morgan fingerprint density at radius 2 is 1.76 bits per heavy atom. The molecule has 25 heavy (non-hydrogen) atoms. The summed E-state index contributed by atoms with van der Waals surface area (Å²) in [5, 5.41) is 13.9. The molecule has 0 rings (SSSR count). The lowest BCUT2D eigenvalue weighted by molar-refractivity contribution is -0.138. The van der Waals surface area contributed by atoms with Gasteiger partial charge in [-0.2, -0.15) is 0 Å². The SMILES string of the molecule is CC.CC(C)CC(=O)N[C@H](CCC(=O)O)C(=O)NCCS(=O)CCN. The van der Waals surface area contributed by atoms with Crippen LogP contribution in [0.2, 0.25) is 0 Å². The number of nitrogens with one attached hydrogen (secondary N) is 2. The molecule has 2 atom stereocenters. The highest BCUT2D eigenvalue weighted by Crippen LogP contribution is 2.03. The number of aliphatic carboxylic acids is 1. The normalized spacial score (nSPS) is 12.6. The third-order valence-corrected chi connectivity index (χ3v) is 4.22. The molecule has 0 spiro atoms. The fourth-order valence-corrected chi connectivity index (χ4v) is 2.60. The van der Waals surface area contributed by atoms with Gasteiger partial charge in [0, 0.05) is 48.2 Å². The van der Waals surface area contributed by atoms with E-state index < -0.39 is 28.7 Å². The first kappa shape index (κ1) is 25.8. The molecule has 0 aromatic rings. The van der Waals surface area contributed by atoms with Crippen molar-refractivity contribution in [1.82, 2.24) is 10.6 Å². The molecule has 148 valence electrons. The van der Waals surface area contributed by atoms with Gasteiger partial charge in [0.05, 0.1) is 0 Å². The second kappa shape index (κ2) is 16.0. The van der Waals surface area contributed by atoms with Gasteiger partial charge in [0.1, 0.15) is 6.04 Å². The van der Waals surface area contributed by atoms with Crippen LogP contribution in [0.5, 0.6) is 0 Å². The van der Waals surface area contributed by atoms with Crippen molar-refractivity contribution in [1.29, 1.82) is 0 Å². The monoisotopic (exact) mass is 379 g/mol. The summed E-state index contributed by atoms with van der Waals surface area (Å²) in [7, 11) is -1.10. The van der Waals surface area contributed by atoms with E-state index in [1.807, 2.05) is 27.7 Å². The zero-order chi connectivity index (χ0) is 19.8. The Bertz CT molecular complexity index is 430. The Morgan fingerprint density at radius 1 is 1.16 bits per heavy atom. The number of carboxylic acid groups (broad SMARTS) is 1. The lowest BCUT2D eigenvalue weighted by atomic mass is 10.1. The summed E-state index contributed by atoms with van der Waals surface area (Å²) in [5.74, 6) is -1.02. The highest BCUT2D eigenvalue weighted by molar-refractivity contribution is 7.85. The summed E-state index contributed by atoms with van der Waals surface area (Å²) in [5.41, 5.74) is 5.29. The van der Waals surface area contributed by atoms with Gasteiger partial charge in [0.2, 0.25) is 11.8 Å². The number of amides is 2. The lowest BCUT2D eigenvalue weighted by Crippen LogP contribution is -2.48. The topological polar surface area (TPSA) is 139 Å². The van der Waals surface area contributed by atoms with Crippen molar-refractivity contribution in [3.05, 3.63) is 0 Å². The van der Waals surface area contributed by atoms with E-state index >= 15 is 0 Å². The molecule has 0 aromatic heterocycles. The molecule has 0 aliphatic carbocycles. The van der Waals surface area contributed by atoms with E-state index in [1.54, 1.807) is 0 Å². The molecule has 9 heteroatoms. The molecule has 2 amide bonds. The van der Waals surface area contributed by atoms with Crippen molar-refractivity contribution in [3.63, 3.8) is 0 Å². The van der Waals surface area contributed by atoms with E-state index in [0.717, 1.165) is 0 Å². The summed E-state index contributed by atoms with van der Waals surface area (Å²) >= 11 is 0. The average molecular weight is 380 g/mol. The number of nitrogens with two attached hydrogens (primary N) is 1. The molecule has 8 nitrogen and oxygen atoms in total. The summed E-state index contributed by atoms with van der Waals surface area (Å²) in [6, 6.07) is -0.903. The van der Waals surface area contributed by atoms with E-state index in [4.69, 9.17) is 10.8 Å². The minimum Gasteiger partial charge on any atom is -0.481 e. The average Bonchev–Trinajstić information content (AvgIpc) is 2.52. The molecule has 0 fully saturated rings. The van der Waals surface area contributed by atoms with Crippen molar-refractivity contribution >= 4 is 28.6 Å². The molecule has 0 aliphatic rings. The predicted octanol–water partition coefficient (Wildman–Crippen LogP) is 0.232. The van der Waals surface area contributed by atoms with Gasteiger partial charge in [0.15, 0.2) is 0 Å². The Kier molecular flexibility index (Phi) is 16.5. The van der Waals surface area contributed by atoms with E-state index in [0.29, 0.717) is 12.3 Å². The van der Waals surface area contributed by atoms with Crippen LogP contribution in [0, 0.1) is 5.92 Å². The first-order chi connectivity index (χ1) is 11.8. The van der Waals surface area contributed by atoms with Crippen molar-refractivity contribution in [2.24, 2.45) is 11.7 Å². The quantitative estimate of drug-likeness (QED) is 0.383. The van der Waals surface area contributed by atoms with Crippen molar-refractivity contribution in [2.75, 3.05) is 24.6 Å². The maximum atomic E-state index is 12.1. The number of carbonyl (C=O) groups is 3. The smallest absolute Gasteiger partial charge is 0.303 e. The van der Waals surface area contributed by atoms with Gasteiger partial charge >= 0.3 is 5.97 Å². The number of carboxylic acids is 1. The van der Waals surface area contributed by atoms with Gasteiger partial charge in [-0.05, 0) is 12.3 Å². The van der Waals surface area contributed by atoms with Gasteiger partial charge in [-0.25, -0.2) is 0 Å². The Labute approximate surface area is 152 Å². The van der Waals surface area contributed by atoms with Crippen LogP contribution in [0.15, 0.2) is 0 Å². The van der Waals surface area contributed by atoms with Gasteiger partial charge in [-0.3, -0.25) is 18.6 Å². The lowest BCUT2D eigenvalue weighted by Gasteiger charge is -2.18. The highest BCUT2D eigenvalue weighted by Gasteiger charge is 2.21. The molecule has 1 unspecified atom stereocenters. The van der Waals surface area contributed by atoms with Crippen LogP contribution >= 0.6 is 0 Å². The molecular formula is C16H33N3O5S. The zero-order valence-electron chi connectivity index (χ0n) is 15.7. The molecule has 0 aliphatic heterocycles. The highest BCUT2D eigenvalue weighted by atomic mass is 32.2. The zero-order valence-corrected chi connectivity index (χ0v) is 16.5. The van der Waals surface area contributed by atoms with Gasteiger partial charge in [-0.15, -0.1) is 0 Å². The maximum Gasteiger partial charge on any atom is 0.303 e. The van der Waals surface area contributed by atoms with Gasteiger partial charge < -0.3 is 21.5 Å². The Balaban J connectivity index is 0. The summed E-state index contributed by atoms with van der Waals surface area (Å²) in [4.78, 5) is 34.5. The van der Waals surface area contributed by atoms with Gasteiger partial charge in [0.25, 0.3) is 0 Å². The second-order valence-corrected chi connectivity index (χ2v) is 7.27. The molecular weight excluding hydrogens is 346 g/mol. The first-order valence-electron chi connectivity index (χ1n) is 8.60. The fraction of sp³-hybridized carbons (Fsp3) is 0.812. The molecule has 0 saturated heterocycles. The maximum absolute atomic E-state index is 12.1. The molecule has 0 aromatic carbocycles. The van der Waals surface area contributed by atoms with Crippen LogP contribution < -0.4 is 16.4 Å². The fourth-order valence-electron chi connectivity index (χ4n) is 1.81. The first-order valence-corrected chi connectivity index (χ1v) is 10.1.